The summed E-state index contributed by atoms with van der Waals surface area (Å²) in [6, 6.07) is 8.75. The second-order valence-electron chi connectivity index (χ2n) is 7.76. The molecule has 2 bridgehead atoms. The molecule has 2 amide bonds. The summed E-state index contributed by atoms with van der Waals surface area (Å²) in [4.78, 5) is 28.1. The number of ether oxygens (including phenoxy) is 3. The fourth-order valence-corrected chi connectivity index (χ4v) is 4.71. The maximum absolute atomic E-state index is 13.2. The van der Waals surface area contributed by atoms with Crippen molar-refractivity contribution >= 4 is 17.5 Å². The SMILES string of the molecule is COc1cc(NC(=O)[C@@H]2[C@@H]3C=C[C@]4(CN(Cc5ccco5)C(=O)[C@H]24)O3)cc(OC)c1. The van der Waals surface area contributed by atoms with Crippen molar-refractivity contribution in [3.8, 4) is 11.5 Å². The number of carbonyl (C=O) groups is 2. The van der Waals surface area contributed by atoms with E-state index >= 15 is 0 Å². The van der Waals surface area contributed by atoms with Gasteiger partial charge in [-0.05, 0) is 12.1 Å². The number of likely N-dealkylation sites (tertiary alicyclic amines) is 1. The van der Waals surface area contributed by atoms with Crippen molar-refractivity contribution in [2.75, 3.05) is 26.1 Å². The van der Waals surface area contributed by atoms with E-state index in [-0.39, 0.29) is 11.8 Å². The van der Waals surface area contributed by atoms with Gasteiger partial charge in [0.2, 0.25) is 11.8 Å². The molecule has 4 heterocycles. The van der Waals surface area contributed by atoms with Gasteiger partial charge in [0.05, 0.1) is 51.5 Å². The monoisotopic (exact) mass is 410 g/mol. The molecule has 1 aromatic carbocycles. The lowest BCUT2D eigenvalue weighted by Gasteiger charge is -2.23. The Hall–Kier alpha value is -3.26. The normalized spacial score (nSPS) is 28.7. The van der Waals surface area contributed by atoms with Crippen molar-refractivity contribution in [1.82, 2.24) is 4.90 Å². The van der Waals surface area contributed by atoms with Crippen LogP contribution in [0.5, 0.6) is 11.5 Å². The molecule has 156 valence electrons. The lowest BCUT2D eigenvalue weighted by Crippen LogP contribution is -2.41. The predicted octanol–water partition coefficient (Wildman–Crippen LogP) is 2.22. The zero-order valence-electron chi connectivity index (χ0n) is 16.7. The zero-order chi connectivity index (χ0) is 20.9. The van der Waals surface area contributed by atoms with Crippen LogP contribution in [0.25, 0.3) is 0 Å². The third kappa shape index (κ3) is 2.87. The van der Waals surface area contributed by atoms with Crippen molar-refractivity contribution in [2.45, 2.75) is 18.2 Å². The number of anilines is 1. The first kappa shape index (κ1) is 18.7. The van der Waals surface area contributed by atoms with Crippen LogP contribution in [-0.2, 0) is 20.9 Å². The molecule has 3 aliphatic rings. The van der Waals surface area contributed by atoms with E-state index in [9.17, 15) is 9.59 Å². The number of amides is 2. The van der Waals surface area contributed by atoms with Crippen molar-refractivity contribution in [1.29, 1.82) is 0 Å². The lowest BCUT2D eigenvalue weighted by atomic mass is 9.77. The van der Waals surface area contributed by atoms with Crippen LogP contribution < -0.4 is 14.8 Å². The van der Waals surface area contributed by atoms with Gasteiger partial charge in [-0.3, -0.25) is 9.59 Å². The first-order chi connectivity index (χ1) is 14.5. The van der Waals surface area contributed by atoms with Crippen LogP contribution in [-0.4, -0.2) is 49.2 Å². The van der Waals surface area contributed by atoms with Gasteiger partial charge >= 0.3 is 0 Å². The number of benzene rings is 1. The summed E-state index contributed by atoms with van der Waals surface area (Å²) in [5.74, 6) is 0.291. The van der Waals surface area contributed by atoms with E-state index in [1.165, 1.54) is 0 Å². The van der Waals surface area contributed by atoms with E-state index in [0.29, 0.717) is 36.0 Å². The standard InChI is InChI=1S/C22H22N2O6/c1-27-15-8-13(9-16(10-15)28-2)23-20(25)18-17-5-6-22(30-17)12-24(21(26)19(18)22)11-14-4-3-7-29-14/h3-10,17-19H,11-12H2,1-2H3,(H,23,25)/t17-,18+,19-,22+/m0/s1. The number of rotatable bonds is 6. The van der Waals surface area contributed by atoms with Gasteiger partial charge in [0.15, 0.2) is 0 Å². The predicted molar refractivity (Wildman–Crippen MR) is 106 cm³/mol. The van der Waals surface area contributed by atoms with Gasteiger partial charge in [-0.25, -0.2) is 0 Å². The summed E-state index contributed by atoms with van der Waals surface area (Å²) in [5, 5.41) is 2.91. The van der Waals surface area contributed by atoms with Crippen molar-refractivity contribution in [3.05, 3.63) is 54.5 Å². The molecule has 0 unspecified atom stereocenters. The highest BCUT2D eigenvalue weighted by molar-refractivity contribution is 5.99. The third-order valence-electron chi connectivity index (χ3n) is 6.03. The first-order valence-corrected chi connectivity index (χ1v) is 9.75. The van der Waals surface area contributed by atoms with Gasteiger partial charge in [-0.2, -0.15) is 0 Å². The van der Waals surface area contributed by atoms with E-state index in [4.69, 9.17) is 18.6 Å². The second kappa shape index (κ2) is 6.91. The zero-order valence-corrected chi connectivity index (χ0v) is 16.7. The van der Waals surface area contributed by atoms with E-state index in [1.807, 2.05) is 18.2 Å². The highest BCUT2D eigenvalue weighted by Crippen LogP contribution is 2.52. The minimum Gasteiger partial charge on any atom is -0.497 e. The molecule has 8 nitrogen and oxygen atoms in total. The lowest BCUT2D eigenvalue weighted by molar-refractivity contribution is -0.136. The summed E-state index contributed by atoms with van der Waals surface area (Å²) < 4.78 is 22.1. The Bertz CT molecular complexity index is 994. The van der Waals surface area contributed by atoms with Crippen molar-refractivity contribution < 1.29 is 28.2 Å². The quantitative estimate of drug-likeness (QED) is 0.735. The van der Waals surface area contributed by atoms with Gasteiger partial charge in [-0.1, -0.05) is 12.2 Å². The van der Waals surface area contributed by atoms with Crippen LogP contribution in [0.4, 0.5) is 5.69 Å². The number of hydrogen-bond donors (Lipinski definition) is 1. The van der Waals surface area contributed by atoms with Gasteiger partial charge in [0.1, 0.15) is 22.9 Å². The number of methoxy groups -OCH3 is 2. The minimum atomic E-state index is -0.761. The molecular weight excluding hydrogens is 388 g/mol. The average molecular weight is 410 g/mol. The summed E-state index contributed by atoms with van der Waals surface area (Å²) in [6.45, 7) is 0.758. The molecule has 30 heavy (non-hydrogen) atoms. The molecule has 2 fully saturated rings. The molecule has 8 heteroatoms. The Kier molecular flexibility index (Phi) is 4.32. The minimum absolute atomic E-state index is 0.0957. The molecule has 1 spiro atoms. The fourth-order valence-electron chi connectivity index (χ4n) is 4.71. The maximum atomic E-state index is 13.2. The number of nitrogens with zero attached hydrogens (tertiary/aromatic N) is 1. The first-order valence-electron chi connectivity index (χ1n) is 9.75. The molecule has 2 saturated heterocycles. The van der Waals surface area contributed by atoms with Gasteiger partial charge in [0, 0.05) is 23.9 Å². The summed E-state index contributed by atoms with van der Waals surface area (Å²) in [5.41, 5.74) is -0.225. The molecule has 4 atom stereocenters. The summed E-state index contributed by atoms with van der Waals surface area (Å²) in [7, 11) is 3.09. The molecule has 0 radical (unpaired) electrons. The largest absolute Gasteiger partial charge is 0.497 e. The van der Waals surface area contributed by atoms with Gasteiger partial charge < -0.3 is 28.8 Å². The van der Waals surface area contributed by atoms with Crippen LogP contribution in [0.15, 0.2) is 53.2 Å². The molecule has 3 aliphatic heterocycles. The highest BCUT2D eigenvalue weighted by Gasteiger charge is 2.66. The number of fused-ring (bicyclic) bond motifs is 1. The average Bonchev–Trinajstić information content (AvgIpc) is 3.51. The number of nitrogens with one attached hydrogen (secondary N) is 1. The molecule has 1 aromatic heterocycles. The van der Waals surface area contributed by atoms with E-state index in [0.717, 1.165) is 0 Å². The molecule has 5 rings (SSSR count). The molecular formula is C22H22N2O6. The second-order valence-corrected chi connectivity index (χ2v) is 7.76. The molecule has 2 aromatic rings. The number of carbonyl (C=O) groups excluding carboxylic acids is 2. The molecule has 1 N–H and O–H groups in total. The highest BCUT2D eigenvalue weighted by atomic mass is 16.5. The maximum Gasteiger partial charge on any atom is 0.231 e. The van der Waals surface area contributed by atoms with Crippen LogP contribution >= 0.6 is 0 Å². The van der Waals surface area contributed by atoms with Crippen molar-refractivity contribution in [3.63, 3.8) is 0 Å². The Morgan fingerprint density at radius 3 is 2.70 bits per heavy atom. The van der Waals surface area contributed by atoms with Crippen LogP contribution in [0.2, 0.25) is 0 Å². The van der Waals surface area contributed by atoms with Gasteiger partial charge in [0.25, 0.3) is 0 Å². The van der Waals surface area contributed by atoms with E-state index < -0.39 is 23.5 Å². The summed E-state index contributed by atoms with van der Waals surface area (Å²) in [6.07, 6.45) is 4.98. The molecule has 0 saturated carbocycles. The van der Waals surface area contributed by atoms with Crippen LogP contribution in [0.3, 0.4) is 0 Å². The Balaban J connectivity index is 1.38. The van der Waals surface area contributed by atoms with Crippen molar-refractivity contribution in [2.24, 2.45) is 11.8 Å². The van der Waals surface area contributed by atoms with Gasteiger partial charge in [-0.15, -0.1) is 0 Å². The van der Waals surface area contributed by atoms with Crippen LogP contribution in [0, 0.1) is 11.8 Å². The Labute approximate surface area is 173 Å². The molecule has 0 aliphatic carbocycles. The van der Waals surface area contributed by atoms with E-state index in [1.54, 1.807) is 49.6 Å². The fraction of sp³-hybridized carbons (Fsp3) is 0.364. The third-order valence-corrected chi connectivity index (χ3v) is 6.03. The number of hydrogen-bond acceptors (Lipinski definition) is 6. The van der Waals surface area contributed by atoms with E-state index in [2.05, 4.69) is 5.32 Å². The smallest absolute Gasteiger partial charge is 0.231 e. The topological polar surface area (TPSA) is 90.2 Å². The Morgan fingerprint density at radius 1 is 1.27 bits per heavy atom. The number of furan rings is 1. The Morgan fingerprint density at radius 2 is 2.03 bits per heavy atom. The summed E-state index contributed by atoms with van der Waals surface area (Å²) >= 11 is 0. The van der Waals surface area contributed by atoms with Crippen LogP contribution in [0.1, 0.15) is 5.76 Å².